The van der Waals surface area contributed by atoms with Crippen molar-refractivity contribution in [2.45, 2.75) is 37.5 Å². The molecule has 0 saturated carbocycles. The smallest absolute Gasteiger partial charge is 0.327 e. The van der Waals surface area contributed by atoms with Crippen molar-refractivity contribution < 1.29 is 48.7 Å². The quantitative estimate of drug-likeness (QED) is 0.564. The van der Waals surface area contributed by atoms with Gasteiger partial charge in [0.15, 0.2) is 0 Å². The first kappa shape index (κ1) is 25.2. The first-order valence-electron chi connectivity index (χ1n) is 8.54. The second-order valence-electron chi connectivity index (χ2n) is 6.49. The van der Waals surface area contributed by atoms with Crippen molar-refractivity contribution in [3.8, 4) is 0 Å². The molecule has 2 atom stereocenters. The lowest BCUT2D eigenvalue weighted by Gasteiger charge is -2.24. The Morgan fingerprint density at radius 3 is 2.00 bits per heavy atom. The SMILES string of the molecule is C[C@@H](NC(=O)N[C@@H](c1ccc(C(F)(F)F)c(F)c1)c1ncccc1C(F)(F)F)C(F)(F)F. The number of aromatic nitrogens is 1. The summed E-state index contributed by atoms with van der Waals surface area (Å²) in [7, 11) is 0. The molecule has 1 aromatic heterocycles. The van der Waals surface area contributed by atoms with E-state index < -0.39 is 64.8 Å². The van der Waals surface area contributed by atoms with E-state index in [-0.39, 0.29) is 12.1 Å². The Bertz CT molecular complexity index is 969. The molecular weight excluding hydrogens is 464 g/mol. The lowest BCUT2D eigenvalue weighted by Crippen LogP contribution is -2.48. The number of hydrogen-bond acceptors (Lipinski definition) is 2. The Labute approximate surface area is 173 Å². The van der Waals surface area contributed by atoms with Crippen molar-refractivity contribution in [2.75, 3.05) is 0 Å². The fourth-order valence-corrected chi connectivity index (χ4v) is 2.59. The zero-order valence-electron chi connectivity index (χ0n) is 15.8. The van der Waals surface area contributed by atoms with E-state index in [0.717, 1.165) is 12.3 Å². The number of carbonyl (C=O) groups excluding carboxylic acids is 1. The number of carbonyl (C=O) groups is 1. The van der Waals surface area contributed by atoms with E-state index in [4.69, 9.17) is 0 Å². The largest absolute Gasteiger partial charge is 0.419 e. The van der Waals surface area contributed by atoms with Gasteiger partial charge in [0.2, 0.25) is 0 Å². The van der Waals surface area contributed by atoms with Crippen LogP contribution in [0.3, 0.4) is 0 Å². The Morgan fingerprint density at radius 2 is 1.50 bits per heavy atom. The lowest BCUT2D eigenvalue weighted by molar-refractivity contribution is -0.148. The molecule has 2 rings (SSSR count). The standard InChI is InChI=1S/C18H13F10N3O/c1-8(16(20,21)22)30-15(32)31-13(14-11(18(26,27)28)3-2-6-29-14)9-4-5-10(12(19)7-9)17(23,24)25/h2-8,13H,1H3,(H2,30,31,32)/t8-,13+/m1/s1. The number of alkyl halides is 9. The van der Waals surface area contributed by atoms with Crippen molar-refractivity contribution >= 4 is 6.03 Å². The molecule has 2 N–H and O–H groups in total. The normalized spacial score (nSPS) is 14.6. The van der Waals surface area contributed by atoms with Gasteiger partial charge in [0.05, 0.1) is 22.9 Å². The van der Waals surface area contributed by atoms with Crippen molar-refractivity contribution in [3.05, 3.63) is 64.7 Å². The minimum absolute atomic E-state index is 0.218. The van der Waals surface area contributed by atoms with Crippen LogP contribution in [0.4, 0.5) is 48.7 Å². The van der Waals surface area contributed by atoms with Gasteiger partial charge < -0.3 is 10.6 Å². The maximum Gasteiger partial charge on any atom is 0.419 e. The average Bonchev–Trinajstić information content (AvgIpc) is 2.63. The first-order chi connectivity index (χ1) is 14.5. The van der Waals surface area contributed by atoms with Crippen LogP contribution in [-0.4, -0.2) is 23.2 Å². The summed E-state index contributed by atoms with van der Waals surface area (Å²) in [6, 6.07) is -3.63. The maximum atomic E-state index is 14.0. The molecule has 32 heavy (non-hydrogen) atoms. The monoisotopic (exact) mass is 477 g/mol. The summed E-state index contributed by atoms with van der Waals surface area (Å²) in [6.45, 7) is 0.550. The highest BCUT2D eigenvalue weighted by molar-refractivity contribution is 5.75. The van der Waals surface area contributed by atoms with E-state index in [9.17, 15) is 48.7 Å². The summed E-state index contributed by atoms with van der Waals surface area (Å²) in [4.78, 5) is 15.5. The Balaban J connectivity index is 2.55. The zero-order valence-corrected chi connectivity index (χ0v) is 15.8. The van der Waals surface area contributed by atoms with Crippen molar-refractivity contribution in [3.63, 3.8) is 0 Å². The summed E-state index contributed by atoms with van der Waals surface area (Å²) in [6.07, 6.45) is -14.2. The Hall–Kier alpha value is -3.06. The molecular formula is C18H13F10N3O. The van der Waals surface area contributed by atoms with Gasteiger partial charge in [-0.3, -0.25) is 4.98 Å². The molecule has 1 aromatic carbocycles. The molecule has 4 nitrogen and oxygen atoms in total. The molecule has 0 aliphatic heterocycles. The van der Waals surface area contributed by atoms with Crippen LogP contribution in [0.2, 0.25) is 0 Å². The van der Waals surface area contributed by atoms with Gasteiger partial charge in [0.1, 0.15) is 11.9 Å². The van der Waals surface area contributed by atoms with Crippen LogP contribution in [0.25, 0.3) is 0 Å². The van der Waals surface area contributed by atoms with Crippen LogP contribution in [0.1, 0.15) is 35.3 Å². The highest BCUT2D eigenvalue weighted by Gasteiger charge is 2.40. The molecule has 0 unspecified atom stereocenters. The molecule has 0 saturated heterocycles. The van der Waals surface area contributed by atoms with Gasteiger partial charge in [0.25, 0.3) is 0 Å². The summed E-state index contributed by atoms with van der Waals surface area (Å²) >= 11 is 0. The fraction of sp³-hybridized carbons (Fsp3) is 0.333. The highest BCUT2D eigenvalue weighted by Crippen LogP contribution is 2.37. The minimum atomic E-state index is -5.12. The summed E-state index contributed by atoms with van der Waals surface area (Å²) in [5.74, 6) is -1.87. The second kappa shape index (κ2) is 8.82. The predicted octanol–water partition coefficient (Wildman–Crippen LogP) is 5.60. The van der Waals surface area contributed by atoms with Crippen molar-refractivity contribution in [1.29, 1.82) is 0 Å². The molecule has 1 heterocycles. The zero-order chi connectivity index (χ0) is 24.5. The van der Waals surface area contributed by atoms with Crippen LogP contribution in [0.5, 0.6) is 0 Å². The third kappa shape index (κ3) is 6.01. The first-order valence-corrected chi connectivity index (χ1v) is 8.54. The van der Waals surface area contributed by atoms with Crippen LogP contribution in [0, 0.1) is 5.82 Å². The van der Waals surface area contributed by atoms with Gasteiger partial charge in [0, 0.05) is 6.20 Å². The fourth-order valence-electron chi connectivity index (χ4n) is 2.59. The molecule has 0 fully saturated rings. The predicted molar refractivity (Wildman–Crippen MR) is 89.7 cm³/mol. The third-order valence-electron chi connectivity index (χ3n) is 4.16. The van der Waals surface area contributed by atoms with E-state index in [1.54, 1.807) is 5.32 Å². The summed E-state index contributed by atoms with van der Waals surface area (Å²) in [5, 5.41) is 3.23. The van der Waals surface area contributed by atoms with Crippen LogP contribution in [-0.2, 0) is 12.4 Å². The summed E-state index contributed by atoms with van der Waals surface area (Å²) < 4.78 is 131. The van der Waals surface area contributed by atoms with Crippen molar-refractivity contribution in [1.82, 2.24) is 15.6 Å². The molecule has 0 spiro atoms. The number of benzene rings is 1. The molecule has 0 radical (unpaired) electrons. The van der Waals surface area contributed by atoms with E-state index in [0.29, 0.717) is 19.1 Å². The van der Waals surface area contributed by atoms with Crippen molar-refractivity contribution in [2.24, 2.45) is 0 Å². The Kier molecular flexibility index (Phi) is 6.95. The number of halogens is 10. The maximum absolute atomic E-state index is 14.0. The molecule has 14 heteroatoms. The van der Waals surface area contributed by atoms with E-state index >= 15 is 0 Å². The average molecular weight is 477 g/mol. The third-order valence-corrected chi connectivity index (χ3v) is 4.16. The van der Waals surface area contributed by atoms with Crippen LogP contribution in [0.15, 0.2) is 36.5 Å². The molecule has 176 valence electrons. The lowest BCUT2D eigenvalue weighted by atomic mass is 9.97. The number of urea groups is 1. The topological polar surface area (TPSA) is 54.0 Å². The minimum Gasteiger partial charge on any atom is -0.327 e. The Morgan fingerprint density at radius 1 is 0.906 bits per heavy atom. The van der Waals surface area contributed by atoms with Crippen LogP contribution < -0.4 is 10.6 Å². The highest BCUT2D eigenvalue weighted by atomic mass is 19.4. The number of nitrogens with one attached hydrogen (secondary N) is 2. The van der Waals surface area contributed by atoms with Gasteiger partial charge in [-0.2, -0.15) is 39.5 Å². The number of pyridine rings is 1. The van der Waals surface area contributed by atoms with Gasteiger partial charge in [-0.1, -0.05) is 6.07 Å². The van der Waals surface area contributed by atoms with Gasteiger partial charge in [-0.25, -0.2) is 9.18 Å². The summed E-state index contributed by atoms with van der Waals surface area (Å²) in [5.41, 5.74) is -4.75. The molecule has 2 aromatic rings. The molecule has 0 aliphatic carbocycles. The second-order valence-corrected chi connectivity index (χ2v) is 6.49. The number of rotatable bonds is 4. The number of nitrogens with zero attached hydrogens (tertiary/aromatic N) is 1. The van der Waals surface area contributed by atoms with E-state index in [1.165, 1.54) is 5.32 Å². The van der Waals surface area contributed by atoms with Gasteiger partial charge in [-0.15, -0.1) is 0 Å². The number of hydrogen-bond donors (Lipinski definition) is 2. The van der Waals surface area contributed by atoms with Gasteiger partial charge >= 0.3 is 24.6 Å². The number of amides is 2. The van der Waals surface area contributed by atoms with E-state index in [1.807, 2.05) is 0 Å². The molecule has 2 amide bonds. The van der Waals surface area contributed by atoms with Gasteiger partial charge in [-0.05, 0) is 36.8 Å². The molecule has 0 bridgehead atoms. The van der Waals surface area contributed by atoms with Crippen LogP contribution >= 0.6 is 0 Å². The van der Waals surface area contributed by atoms with E-state index in [2.05, 4.69) is 4.98 Å². The molecule has 0 aliphatic rings.